The van der Waals surface area contributed by atoms with Crippen LogP contribution in [-0.4, -0.2) is 38.1 Å². The van der Waals surface area contributed by atoms with Crippen molar-refractivity contribution in [3.63, 3.8) is 0 Å². The van der Waals surface area contributed by atoms with Crippen LogP contribution in [0.15, 0.2) is 0 Å². The molecule has 9 heteroatoms. The van der Waals surface area contributed by atoms with Gasteiger partial charge in [0.05, 0.1) is 5.75 Å². The molecule has 0 atom stereocenters. The molecule has 7 N–H and O–H groups in total. The van der Waals surface area contributed by atoms with E-state index in [0.29, 0.717) is 0 Å². The van der Waals surface area contributed by atoms with Crippen LogP contribution in [-0.2, 0) is 19.7 Å². The van der Waals surface area contributed by atoms with Gasteiger partial charge in [0.15, 0.2) is 0 Å². The van der Waals surface area contributed by atoms with Crippen LogP contribution < -0.4 is 17.2 Å². The molecule has 13 heavy (non-hydrogen) atoms. The van der Waals surface area contributed by atoms with Gasteiger partial charge in [0, 0.05) is 6.54 Å². The Morgan fingerprint density at radius 3 is 1.38 bits per heavy atom. The summed E-state index contributed by atoms with van der Waals surface area (Å²) in [6.07, 6.45) is 0.500. The molecule has 0 aromatic carbocycles. The fourth-order valence-electron chi connectivity index (χ4n) is 0.149. The normalized spacial score (nSPS) is 8.15. The molecule has 0 aliphatic carbocycles. The highest BCUT2D eigenvalue weighted by atomic mass is 32.2. The SMILES string of the molecule is NC=O.NC=O.NCCS(=O)(=O)O. The third-order valence-electron chi connectivity index (χ3n) is 0.376. The first-order valence-corrected chi connectivity index (χ1v) is 4.46. The van der Waals surface area contributed by atoms with Crippen molar-refractivity contribution >= 4 is 22.9 Å². The highest BCUT2D eigenvalue weighted by Gasteiger charge is 1.98. The van der Waals surface area contributed by atoms with Crippen LogP contribution in [0.25, 0.3) is 0 Å². The number of carbonyl (C=O) groups excluding carboxylic acids is 2. The Morgan fingerprint density at radius 2 is 1.38 bits per heavy atom. The minimum absolute atomic E-state index is 0.0289. The van der Waals surface area contributed by atoms with Crippen molar-refractivity contribution in [2.75, 3.05) is 12.3 Å². The van der Waals surface area contributed by atoms with Gasteiger partial charge in [-0.3, -0.25) is 14.1 Å². The maximum Gasteiger partial charge on any atom is 0.266 e. The zero-order valence-corrected chi connectivity index (χ0v) is 7.61. The van der Waals surface area contributed by atoms with Gasteiger partial charge in [-0.25, -0.2) is 0 Å². The van der Waals surface area contributed by atoms with Gasteiger partial charge in [-0.05, 0) is 0 Å². The Labute approximate surface area is 75.8 Å². The third-order valence-corrected chi connectivity index (χ3v) is 1.13. The second-order valence-electron chi connectivity index (χ2n) is 1.35. The fraction of sp³-hybridized carbons (Fsp3) is 0.500. The Bertz CT molecular complexity index is 196. The largest absolute Gasteiger partial charge is 0.372 e. The minimum Gasteiger partial charge on any atom is -0.372 e. The summed E-state index contributed by atoms with van der Waals surface area (Å²) in [6.45, 7) is -0.0289. The Hall–Kier alpha value is -1.19. The fourth-order valence-corrected chi connectivity index (χ4v) is 0.447. The van der Waals surface area contributed by atoms with Crippen molar-refractivity contribution in [2.24, 2.45) is 17.2 Å². The molecular formula is C4H13N3O5S. The highest BCUT2D eigenvalue weighted by Crippen LogP contribution is 1.74. The smallest absolute Gasteiger partial charge is 0.266 e. The molecule has 0 saturated heterocycles. The van der Waals surface area contributed by atoms with Crippen molar-refractivity contribution in [3.8, 4) is 0 Å². The first kappa shape index (κ1) is 17.8. The van der Waals surface area contributed by atoms with Crippen molar-refractivity contribution in [1.82, 2.24) is 0 Å². The van der Waals surface area contributed by atoms with E-state index in [4.69, 9.17) is 19.9 Å². The summed E-state index contributed by atoms with van der Waals surface area (Å²) >= 11 is 0. The Kier molecular flexibility index (Phi) is 18.3. The van der Waals surface area contributed by atoms with Gasteiger partial charge in [-0.1, -0.05) is 0 Å². The summed E-state index contributed by atoms with van der Waals surface area (Å²) in [7, 11) is -3.80. The average Bonchev–Trinajstić information content (AvgIpc) is 1.87. The zero-order valence-electron chi connectivity index (χ0n) is 6.79. The van der Waals surface area contributed by atoms with Crippen LogP contribution in [0.4, 0.5) is 0 Å². The Morgan fingerprint density at radius 1 is 1.15 bits per heavy atom. The summed E-state index contributed by atoms with van der Waals surface area (Å²) in [5, 5.41) is 0. The summed E-state index contributed by atoms with van der Waals surface area (Å²) in [5.41, 5.74) is 13.1. The van der Waals surface area contributed by atoms with Gasteiger partial charge in [-0.2, -0.15) is 8.42 Å². The molecule has 0 rings (SSSR count). The van der Waals surface area contributed by atoms with Gasteiger partial charge in [0.1, 0.15) is 0 Å². The average molecular weight is 215 g/mol. The molecule has 0 heterocycles. The van der Waals surface area contributed by atoms with E-state index in [9.17, 15) is 8.42 Å². The van der Waals surface area contributed by atoms with Crippen molar-refractivity contribution in [1.29, 1.82) is 0 Å². The summed E-state index contributed by atoms with van der Waals surface area (Å²) < 4.78 is 27.3. The third kappa shape index (κ3) is 106. The number of hydrogen-bond acceptors (Lipinski definition) is 5. The van der Waals surface area contributed by atoms with E-state index in [-0.39, 0.29) is 25.1 Å². The minimum atomic E-state index is -3.80. The lowest BCUT2D eigenvalue weighted by molar-refractivity contribution is -0.107. The molecule has 0 saturated carbocycles. The quantitative estimate of drug-likeness (QED) is 0.283. The molecule has 0 aromatic heterocycles. The van der Waals surface area contributed by atoms with E-state index in [1.165, 1.54) is 0 Å². The van der Waals surface area contributed by atoms with Crippen molar-refractivity contribution in [2.45, 2.75) is 0 Å². The monoisotopic (exact) mass is 215 g/mol. The molecule has 0 bridgehead atoms. The van der Waals surface area contributed by atoms with Gasteiger partial charge in [0.25, 0.3) is 10.1 Å². The predicted octanol–water partition coefficient (Wildman–Crippen LogP) is -2.96. The van der Waals surface area contributed by atoms with Gasteiger partial charge in [-0.15, -0.1) is 0 Å². The number of nitrogens with two attached hydrogens (primary N) is 3. The molecule has 0 aliphatic rings. The predicted molar refractivity (Wildman–Crippen MR) is 46.0 cm³/mol. The van der Waals surface area contributed by atoms with E-state index >= 15 is 0 Å². The number of hydrogen-bond donors (Lipinski definition) is 4. The second kappa shape index (κ2) is 13.4. The van der Waals surface area contributed by atoms with Gasteiger partial charge in [0.2, 0.25) is 12.8 Å². The highest BCUT2D eigenvalue weighted by molar-refractivity contribution is 7.85. The summed E-state index contributed by atoms with van der Waals surface area (Å²) in [6, 6.07) is 0. The molecule has 0 aromatic rings. The first-order chi connectivity index (χ1) is 5.89. The second-order valence-corrected chi connectivity index (χ2v) is 2.92. The molecule has 0 radical (unpaired) electrons. The van der Waals surface area contributed by atoms with Crippen LogP contribution in [0, 0.1) is 0 Å². The van der Waals surface area contributed by atoms with Gasteiger partial charge >= 0.3 is 0 Å². The van der Waals surface area contributed by atoms with E-state index < -0.39 is 10.1 Å². The lowest BCUT2D eigenvalue weighted by Crippen LogP contribution is -2.13. The summed E-state index contributed by atoms with van der Waals surface area (Å²) in [4.78, 5) is 17.2. The van der Waals surface area contributed by atoms with Crippen LogP contribution in [0.1, 0.15) is 0 Å². The number of amides is 2. The summed E-state index contributed by atoms with van der Waals surface area (Å²) in [5.74, 6) is -0.354. The zero-order chi connectivity index (χ0) is 11.3. The number of rotatable bonds is 2. The topological polar surface area (TPSA) is 167 Å². The van der Waals surface area contributed by atoms with E-state index in [1.54, 1.807) is 0 Å². The lowest BCUT2D eigenvalue weighted by atomic mass is 10.8. The molecule has 80 valence electrons. The first-order valence-electron chi connectivity index (χ1n) is 2.85. The van der Waals surface area contributed by atoms with Crippen molar-refractivity contribution < 1.29 is 22.6 Å². The van der Waals surface area contributed by atoms with Crippen LogP contribution in [0.5, 0.6) is 0 Å². The van der Waals surface area contributed by atoms with Crippen molar-refractivity contribution in [3.05, 3.63) is 0 Å². The number of carbonyl (C=O) groups is 2. The van der Waals surface area contributed by atoms with Gasteiger partial charge < -0.3 is 17.2 Å². The maximum atomic E-state index is 9.71. The molecule has 2 amide bonds. The Balaban J connectivity index is -0.000000140. The standard InChI is InChI=1S/C2H7NO3S.2CH3NO/c3-1-2-7(4,5)6;2*2-1-3/h1-3H2,(H,4,5,6);2*1H,(H2,2,3). The lowest BCUT2D eigenvalue weighted by Gasteiger charge is -1.86. The molecule has 0 fully saturated rings. The van der Waals surface area contributed by atoms with E-state index in [0.717, 1.165) is 0 Å². The molecule has 8 nitrogen and oxygen atoms in total. The van der Waals surface area contributed by atoms with E-state index in [1.807, 2.05) is 0 Å². The van der Waals surface area contributed by atoms with Crippen LogP contribution in [0.3, 0.4) is 0 Å². The molecule has 0 unspecified atom stereocenters. The van der Waals surface area contributed by atoms with Crippen LogP contribution in [0.2, 0.25) is 0 Å². The maximum absolute atomic E-state index is 9.71. The molecular weight excluding hydrogens is 202 g/mol. The van der Waals surface area contributed by atoms with E-state index in [2.05, 4.69) is 11.5 Å². The molecule has 0 aliphatic heterocycles. The molecule has 0 spiro atoms. The van der Waals surface area contributed by atoms with Crippen LogP contribution >= 0.6 is 0 Å². The number of primary amides is 2.